The number of nitrogens with zero attached hydrogens (tertiary/aromatic N) is 8. The molecule has 0 saturated carbocycles. The molecule has 6 heterocycles. The number of anilines is 6. The van der Waals surface area contributed by atoms with E-state index in [4.69, 9.17) is 19.6 Å². The number of hydrogen-bond donors (Lipinski definition) is 4. The summed E-state index contributed by atoms with van der Waals surface area (Å²) in [6.45, 7) is 11.8. The molecule has 24 heteroatoms. The molecule has 3 fully saturated rings. The van der Waals surface area contributed by atoms with E-state index in [1.807, 2.05) is 18.2 Å². The number of carboxylic acid groups (broad SMARTS) is 1. The van der Waals surface area contributed by atoms with Gasteiger partial charge in [0, 0.05) is 88.3 Å². The number of amides is 4. The van der Waals surface area contributed by atoms with Crippen molar-refractivity contribution in [2.24, 2.45) is 5.92 Å². The molecule has 374 valence electrons. The van der Waals surface area contributed by atoms with Crippen LogP contribution in [-0.2, 0) is 18.9 Å². The molecule has 4 N–H and O–H groups in total. The first-order valence-corrected chi connectivity index (χ1v) is 26.0. The Morgan fingerprint density at radius 3 is 2.24 bits per heavy atom. The van der Waals surface area contributed by atoms with Gasteiger partial charge >= 0.3 is 12.1 Å². The molecule has 3 saturated heterocycles. The summed E-state index contributed by atoms with van der Waals surface area (Å²) in [6.07, 6.45) is 2.04. The van der Waals surface area contributed by atoms with Gasteiger partial charge in [-0.3, -0.25) is 44.3 Å². The number of benzene rings is 3. The molecule has 9 rings (SSSR count). The molecule has 19 nitrogen and oxygen atoms in total. The minimum absolute atomic E-state index is 0.0887. The van der Waals surface area contributed by atoms with Crippen LogP contribution < -0.4 is 35.8 Å². The number of aliphatic carboxylic acids is 1. The Hall–Kier alpha value is -6.71. The van der Waals surface area contributed by atoms with Gasteiger partial charge in [0.1, 0.15) is 30.3 Å². The Kier molecular flexibility index (Phi) is 14.7. The van der Waals surface area contributed by atoms with Crippen LogP contribution in [0.2, 0.25) is 0 Å². The number of piperazine rings is 1. The fourth-order valence-electron chi connectivity index (χ4n) is 9.28. The highest BCUT2D eigenvalue weighted by Gasteiger charge is 2.45. The minimum Gasteiger partial charge on any atom is -0.494 e. The monoisotopic (exact) mass is 1060 g/mol. The number of aryl methyl sites for hydroxylation is 1. The third kappa shape index (κ3) is 11.1. The quantitative estimate of drug-likeness (QED) is 0.0839. The topological polar surface area (TPSA) is 232 Å². The number of aromatic nitrogens is 4. The number of carboxylic acids is 1. The molecule has 2 aromatic heterocycles. The molecule has 5 aromatic rings. The van der Waals surface area contributed by atoms with E-state index in [2.05, 4.69) is 80.6 Å². The summed E-state index contributed by atoms with van der Waals surface area (Å²) < 4.78 is 51.8. The van der Waals surface area contributed by atoms with Crippen molar-refractivity contribution >= 4 is 104 Å². The summed E-state index contributed by atoms with van der Waals surface area (Å²) in [6, 6.07) is 12.2. The van der Waals surface area contributed by atoms with E-state index in [0.717, 1.165) is 86.2 Å². The van der Waals surface area contributed by atoms with Crippen LogP contribution in [0.3, 0.4) is 0 Å². The SMILES string of the molecule is COc1cc(N2CCN(CC3CCN(c4ccc5c(c4)C(=O)N(C4CCC(=O)NC4=O)C5=O)CC3)CC2)c(C)cc1Nc1ncc(Br)c(Nc2ccc3nccnc3c2P(C)(C)=O)n1.O=C(O)C(F)(F)F. The standard InChI is InChI=1S/C45H49BrN11O6P.C2HF3O2/c1-26-21-34(51-45-49-24-31(46)41(53-45)50-33-8-7-32-39(48-14-13-47-32)40(33)64(3,4)62)37(63-2)23-36(26)56-19-17-54(18-20-56)25-27-11-15-55(16-12-27)28-5-6-29-30(22-28)44(61)57(43(29)60)35-9-10-38(58)52-42(35)59;3-2(4,5)1(6)7/h5-8,13-14,21-24,27,35H,9-12,15-20,25H2,1-4H3,(H,52,58,59)(H2,49,50,51,53);(H,6,7). The van der Waals surface area contributed by atoms with E-state index in [1.54, 1.807) is 51.2 Å². The van der Waals surface area contributed by atoms with Gasteiger partial charge in [-0.05, 0) is 103 Å². The summed E-state index contributed by atoms with van der Waals surface area (Å²) in [5.41, 5.74) is 6.30. The summed E-state index contributed by atoms with van der Waals surface area (Å²) in [4.78, 5) is 86.1. The van der Waals surface area contributed by atoms with Crippen LogP contribution in [0.15, 0.2) is 65.5 Å². The maximum absolute atomic E-state index is 13.5. The predicted octanol–water partition coefficient (Wildman–Crippen LogP) is 6.31. The number of piperidine rings is 2. The van der Waals surface area contributed by atoms with E-state index in [9.17, 15) is 36.9 Å². The molecule has 0 bridgehead atoms. The van der Waals surface area contributed by atoms with Crippen LogP contribution in [0.1, 0.15) is 52.0 Å². The zero-order chi connectivity index (χ0) is 50.9. The fraction of sp³-hybridized carbons (Fsp3) is 0.383. The molecular weight excluding hydrogens is 1010 g/mol. The lowest BCUT2D eigenvalue weighted by Gasteiger charge is -2.40. The number of carbonyl (C=O) groups excluding carboxylic acids is 4. The van der Waals surface area contributed by atoms with Gasteiger partial charge in [0.2, 0.25) is 17.8 Å². The fourth-order valence-corrected chi connectivity index (χ4v) is 11.0. The summed E-state index contributed by atoms with van der Waals surface area (Å²) in [5.74, 6) is -2.69. The number of alkyl halides is 3. The Bertz CT molecular complexity index is 2980. The Morgan fingerprint density at radius 1 is 0.887 bits per heavy atom. The van der Waals surface area contributed by atoms with Crippen molar-refractivity contribution in [2.45, 2.75) is 44.8 Å². The smallest absolute Gasteiger partial charge is 0.490 e. The molecule has 1 atom stereocenters. The van der Waals surface area contributed by atoms with E-state index < -0.39 is 49.0 Å². The van der Waals surface area contributed by atoms with Gasteiger partial charge in [0.05, 0.1) is 44.9 Å². The number of carbonyl (C=O) groups is 5. The summed E-state index contributed by atoms with van der Waals surface area (Å²) >= 11 is 3.58. The number of rotatable bonds is 11. The molecule has 3 aromatic carbocycles. The van der Waals surface area contributed by atoms with Gasteiger partial charge in [-0.1, -0.05) is 0 Å². The predicted molar refractivity (Wildman–Crippen MR) is 263 cm³/mol. The van der Waals surface area contributed by atoms with Gasteiger partial charge in [-0.15, -0.1) is 0 Å². The lowest BCUT2D eigenvalue weighted by molar-refractivity contribution is -0.192. The van der Waals surface area contributed by atoms with Crippen molar-refractivity contribution in [3.8, 4) is 5.75 Å². The van der Waals surface area contributed by atoms with E-state index in [1.165, 1.54) is 0 Å². The number of methoxy groups -OCH3 is 1. The van der Waals surface area contributed by atoms with Crippen molar-refractivity contribution in [2.75, 3.05) is 86.7 Å². The number of fused-ring (bicyclic) bond motifs is 2. The van der Waals surface area contributed by atoms with Gasteiger partial charge in [-0.25, -0.2) is 9.78 Å². The second-order valence-corrected chi connectivity index (χ2v) is 21.9. The number of halogens is 4. The van der Waals surface area contributed by atoms with E-state index >= 15 is 0 Å². The zero-order valence-electron chi connectivity index (χ0n) is 39.0. The molecule has 1 unspecified atom stereocenters. The number of ether oxygens (including phenoxy) is 1. The first-order valence-electron chi connectivity index (χ1n) is 22.6. The third-order valence-electron chi connectivity index (χ3n) is 12.8. The lowest BCUT2D eigenvalue weighted by Crippen LogP contribution is -2.54. The van der Waals surface area contributed by atoms with Crippen LogP contribution in [0.5, 0.6) is 5.75 Å². The maximum atomic E-state index is 13.5. The molecule has 71 heavy (non-hydrogen) atoms. The van der Waals surface area contributed by atoms with Crippen LogP contribution in [-0.4, -0.2) is 143 Å². The van der Waals surface area contributed by atoms with Crippen LogP contribution in [0, 0.1) is 12.8 Å². The lowest BCUT2D eigenvalue weighted by atomic mass is 9.95. The van der Waals surface area contributed by atoms with Crippen LogP contribution in [0.4, 0.5) is 47.7 Å². The average Bonchev–Trinajstić information content (AvgIpc) is 3.57. The maximum Gasteiger partial charge on any atom is 0.490 e. The number of nitrogens with one attached hydrogen (secondary N) is 3. The molecule has 4 aliphatic heterocycles. The number of imide groups is 2. The Balaban J connectivity index is 0.000000900. The van der Waals surface area contributed by atoms with Crippen LogP contribution >= 0.6 is 23.1 Å². The molecule has 4 aliphatic rings. The van der Waals surface area contributed by atoms with E-state index in [0.29, 0.717) is 61.1 Å². The largest absolute Gasteiger partial charge is 0.494 e. The van der Waals surface area contributed by atoms with Crippen molar-refractivity contribution < 1.29 is 51.6 Å². The molecule has 0 radical (unpaired) electrons. The third-order valence-corrected chi connectivity index (χ3v) is 14.9. The van der Waals surface area contributed by atoms with Crippen LogP contribution in [0.25, 0.3) is 11.0 Å². The highest BCUT2D eigenvalue weighted by molar-refractivity contribution is 9.10. The van der Waals surface area contributed by atoms with Gasteiger partial charge in [-0.2, -0.15) is 18.2 Å². The van der Waals surface area contributed by atoms with Gasteiger partial charge < -0.3 is 34.8 Å². The Labute approximate surface area is 414 Å². The van der Waals surface area contributed by atoms with Gasteiger partial charge in [0.25, 0.3) is 11.8 Å². The van der Waals surface area contributed by atoms with Gasteiger partial charge in [0.15, 0.2) is 0 Å². The summed E-state index contributed by atoms with van der Waals surface area (Å²) in [7, 11) is -1.13. The average molecular weight is 1060 g/mol. The van der Waals surface area contributed by atoms with Crippen molar-refractivity contribution in [3.05, 3.63) is 82.2 Å². The van der Waals surface area contributed by atoms with Crippen molar-refractivity contribution in [1.29, 1.82) is 0 Å². The molecule has 0 spiro atoms. The van der Waals surface area contributed by atoms with Crippen molar-refractivity contribution in [1.82, 2.24) is 35.1 Å². The summed E-state index contributed by atoms with van der Waals surface area (Å²) in [5, 5.41) is 16.7. The number of hydrogen-bond acceptors (Lipinski definition) is 16. The minimum atomic E-state index is -5.08. The molecule has 4 amide bonds. The molecular formula is C47H50BrF3N11O8P. The highest BCUT2D eigenvalue weighted by Crippen LogP contribution is 2.42. The van der Waals surface area contributed by atoms with E-state index in [-0.39, 0.29) is 12.8 Å². The van der Waals surface area contributed by atoms with Crippen molar-refractivity contribution in [3.63, 3.8) is 0 Å². The Morgan fingerprint density at radius 2 is 1.58 bits per heavy atom. The second kappa shape index (κ2) is 20.6. The highest BCUT2D eigenvalue weighted by atomic mass is 79.9. The normalized spacial score (nSPS) is 18.0. The molecule has 0 aliphatic carbocycles. The second-order valence-electron chi connectivity index (χ2n) is 17.9. The zero-order valence-corrected chi connectivity index (χ0v) is 41.5. The first kappa shape index (κ1) is 50.7. The first-order chi connectivity index (χ1) is 33.7.